The van der Waals surface area contributed by atoms with E-state index in [2.05, 4.69) is 4.36 Å². The molecule has 0 spiro atoms. The lowest BCUT2D eigenvalue weighted by Crippen LogP contribution is -2.36. The largest absolute Gasteiger partial charge is 0.286 e. The summed E-state index contributed by atoms with van der Waals surface area (Å²) in [6, 6.07) is 12.4. The number of nitrogens with zero attached hydrogens (tertiary/aromatic N) is 2. The highest BCUT2D eigenvalue weighted by molar-refractivity contribution is 7.91. The molecule has 4 nitrogen and oxygen atoms in total. The molecule has 0 N–H and O–H groups in total. The molecule has 1 aliphatic heterocycles. The number of amides is 1. The first kappa shape index (κ1) is 17.8. The molecule has 0 saturated carbocycles. The Morgan fingerprint density at radius 3 is 2.20 bits per heavy atom. The average molecular weight is 360 g/mol. The van der Waals surface area contributed by atoms with Crippen molar-refractivity contribution >= 4 is 15.8 Å². The summed E-state index contributed by atoms with van der Waals surface area (Å²) >= 11 is 0. The predicted molar refractivity (Wildman–Crippen MR) is 96.2 cm³/mol. The average Bonchev–Trinajstić information content (AvgIpc) is 2.63. The molecular weight excluding hydrogens is 339 g/mol. The van der Waals surface area contributed by atoms with E-state index in [0.29, 0.717) is 18.0 Å². The van der Waals surface area contributed by atoms with E-state index in [1.807, 2.05) is 23.4 Å². The Labute approximate surface area is 148 Å². The zero-order valence-corrected chi connectivity index (χ0v) is 15.0. The highest BCUT2D eigenvalue weighted by Gasteiger charge is 2.26. The molecule has 1 amide bonds. The van der Waals surface area contributed by atoms with E-state index in [1.54, 1.807) is 12.1 Å². The van der Waals surface area contributed by atoms with Crippen LogP contribution >= 0.6 is 0 Å². The van der Waals surface area contributed by atoms with Crippen LogP contribution in [0, 0.1) is 12.7 Å². The van der Waals surface area contributed by atoms with Gasteiger partial charge in [-0.3, -0.25) is 4.79 Å². The molecule has 132 valence electrons. The minimum atomic E-state index is -3.03. The van der Waals surface area contributed by atoms with E-state index in [0.717, 1.165) is 24.8 Å². The number of carbonyl (C=O) groups excluding carboxylic acids is 1. The molecule has 0 radical (unpaired) electrons. The van der Waals surface area contributed by atoms with E-state index < -0.39 is 21.6 Å². The van der Waals surface area contributed by atoms with Crippen LogP contribution in [0.2, 0.25) is 0 Å². The van der Waals surface area contributed by atoms with Gasteiger partial charge in [-0.25, -0.2) is 12.9 Å². The fourth-order valence-electron chi connectivity index (χ4n) is 2.84. The summed E-state index contributed by atoms with van der Waals surface area (Å²) in [7, 11) is -3.03. The molecule has 2 aromatic rings. The third-order valence-corrected chi connectivity index (χ3v) is 6.66. The molecule has 1 saturated heterocycles. The molecule has 1 aliphatic rings. The highest BCUT2D eigenvalue weighted by Crippen LogP contribution is 2.24. The van der Waals surface area contributed by atoms with Gasteiger partial charge >= 0.3 is 0 Å². The maximum atomic E-state index is 13.8. The van der Waals surface area contributed by atoms with Crippen molar-refractivity contribution in [2.45, 2.75) is 31.1 Å². The van der Waals surface area contributed by atoms with Crippen LogP contribution in [0.4, 0.5) is 4.39 Å². The number of rotatable bonds is 3. The summed E-state index contributed by atoms with van der Waals surface area (Å²) < 4.78 is 32.8. The van der Waals surface area contributed by atoms with Gasteiger partial charge in [-0.05, 0) is 56.2 Å². The van der Waals surface area contributed by atoms with Crippen molar-refractivity contribution in [1.82, 2.24) is 4.31 Å². The van der Waals surface area contributed by atoms with Crippen molar-refractivity contribution in [1.29, 1.82) is 0 Å². The summed E-state index contributed by atoms with van der Waals surface area (Å²) in [5.41, 5.74) is 1.28. The van der Waals surface area contributed by atoms with Crippen molar-refractivity contribution < 1.29 is 13.4 Å². The summed E-state index contributed by atoms with van der Waals surface area (Å²) in [6.45, 7) is 3.24. The number of hydrogen-bond acceptors (Lipinski definition) is 2. The summed E-state index contributed by atoms with van der Waals surface area (Å²) in [6.07, 6.45) is 2.96. The third-order valence-electron chi connectivity index (χ3n) is 4.29. The topological polar surface area (TPSA) is 49.7 Å². The van der Waals surface area contributed by atoms with Crippen LogP contribution in [-0.2, 0) is 9.92 Å². The van der Waals surface area contributed by atoms with Crippen molar-refractivity contribution in [2.24, 2.45) is 4.36 Å². The van der Waals surface area contributed by atoms with Crippen LogP contribution in [0.15, 0.2) is 57.8 Å². The summed E-state index contributed by atoms with van der Waals surface area (Å²) in [4.78, 5) is 13.1. The fraction of sp³-hybridized carbons (Fsp3) is 0.316. The van der Waals surface area contributed by atoms with Crippen LogP contribution in [0.1, 0.15) is 35.2 Å². The van der Waals surface area contributed by atoms with Gasteiger partial charge in [-0.15, -0.1) is 4.36 Å². The van der Waals surface area contributed by atoms with E-state index >= 15 is 0 Å². The van der Waals surface area contributed by atoms with Gasteiger partial charge in [0, 0.05) is 18.7 Å². The van der Waals surface area contributed by atoms with E-state index in [-0.39, 0.29) is 5.56 Å². The lowest BCUT2D eigenvalue weighted by molar-refractivity contribution is 0.100. The maximum Gasteiger partial charge on any atom is 0.286 e. The van der Waals surface area contributed by atoms with E-state index in [9.17, 15) is 13.4 Å². The van der Waals surface area contributed by atoms with Crippen LogP contribution < -0.4 is 0 Å². The zero-order chi connectivity index (χ0) is 17.9. The summed E-state index contributed by atoms with van der Waals surface area (Å²) in [5, 5.41) is 0. The number of carbonyl (C=O) groups is 1. The van der Waals surface area contributed by atoms with Crippen LogP contribution in [0.5, 0.6) is 0 Å². The lowest BCUT2D eigenvalue weighted by atomic mass is 10.2. The van der Waals surface area contributed by atoms with Gasteiger partial charge in [-0.1, -0.05) is 24.1 Å². The normalized spacial score (nSPS) is 17.7. The molecule has 6 heteroatoms. The number of aryl methyl sites for hydroxylation is 1. The Kier molecular flexibility index (Phi) is 5.30. The monoisotopic (exact) mass is 360 g/mol. The minimum Gasteiger partial charge on any atom is -0.266 e. The molecule has 1 heterocycles. The Bertz CT molecular complexity index is 863. The smallest absolute Gasteiger partial charge is 0.266 e. The molecule has 2 aromatic carbocycles. The molecule has 3 rings (SSSR count). The molecule has 25 heavy (non-hydrogen) atoms. The SMILES string of the molecule is Cc1ccc(S(=O)(=NC(=O)c2ccc(F)cc2)N2CCCCC2)cc1. The molecule has 1 unspecified atom stereocenters. The third kappa shape index (κ3) is 3.96. The summed E-state index contributed by atoms with van der Waals surface area (Å²) in [5.74, 6) is -1.01. The van der Waals surface area contributed by atoms with Crippen molar-refractivity contribution in [2.75, 3.05) is 13.1 Å². The highest BCUT2D eigenvalue weighted by atomic mass is 32.2. The second kappa shape index (κ2) is 7.45. The number of hydrogen-bond donors (Lipinski definition) is 0. The molecule has 0 aliphatic carbocycles. The standard InChI is InChI=1S/C19H21FN2O2S/c1-15-5-11-18(12-6-15)25(24,22-13-3-2-4-14-22)21-19(23)16-7-9-17(20)10-8-16/h5-12H,2-4,13-14H2,1H3. The van der Waals surface area contributed by atoms with Gasteiger partial charge in [0.05, 0.1) is 4.90 Å². The Morgan fingerprint density at radius 1 is 1.00 bits per heavy atom. The molecule has 1 fully saturated rings. The first-order valence-electron chi connectivity index (χ1n) is 8.38. The van der Waals surface area contributed by atoms with Crippen LogP contribution in [0.3, 0.4) is 0 Å². The van der Waals surface area contributed by atoms with Gasteiger partial charge in [0.1, 0.15) is 15.7 Å². The Balaban J connectivity index is 2.06. The Hall–Kier alpha value is -2.05. The second-order valence-electron chi connectivity index (χ2n) is 6.20. The predicted octanol–water partition coefficient (Wildman–Crippen LogP) is 4.20. The molecular formula is C19H21FN2O2S. The molecule has 1 atom stereocenters. The number of benzene rings is 2. The fourth-order valence-corrected chi connectivity index (χ4v) is 4.94. The van der Waals surface area contributed by atoms with Gasteiger partial charge in [0.2, 0.25) is 0 Å². The second-order valence-corrected chi connectivity index (χ2v) is 8.37. The van der Waals surface area contributed by atoms with Gasteiger partial charge in [0.25, 0.3) is 5.91 Å². The van der Waals surface area contributed by atoms with Crippen LogP contribution in [-0.4, -0.2) is 27.5 Å². The van der Waals surface area contributed by atoms with Crippen LogP contribution in [0.25, 0.3) is 0 Å². The van der Waals surface area contributed by atoms with Crippen molar-refractivity contribution in [3.8, 4) is 0 Å². The maximum absolute atomic E-state index is 13.8. The van der Waals surface area contributed by atoms with Gasteiger partial charge in [0.15, 0.2) is 0 Å². The number of halogens is 1. The molecule has 0 aromatic heterocycles. The van der Waals surface area contributed by atoms with Crippen molar-refractivity contribution in [3.05, 3.63) is 65.5 Å². The first-order chi connectivity index (χ1) is 12.0. The molecule has 0 bridgehead atoms. The quantitative estimate of drug-likeness (QED) is 0.823. The van der Waals surface area contributed by atoms with E-state index in [4.69, 9.17) is 0 Å². The Morgan fingerprint density at radius 2 is 1.60 bits per heavy atom. The van der Waals surface area contributed by atoms with Crippen molar-refractivity contribution in [3.63, 3.8) is 0 Å². The first-order valence-corrected chi connectivity index (χ1v) is 9.85. The van der Waals surface area contributed by atoms with Gasteiger partial charge < -0.3 is 0 Å². The van der Waals surface area contributed by atoms with Gasteiger partial charge in [-0.2, -0.15) is 0 Å². The minimum absolute atomic E-state index is 0.234. The zero-order valence-electron chi connectivity index (χ0n) is 14.2. The number of piperidine rings is 1. The van der Waals surface area contributed by atoms with E-state index in [1.165, 1.54) is 24.3 Å². The lowest BCUT2D eigenvalue weighted by Gasteiger charge is -2.29.